The zero-order valence-electron chi connectivity index (χ0n) is 11.7. The lowest BCUT2D eigenvalue weighted by Gasteiger charge is -2.13. The second kappa shape index (κ2) is 6.56. The van der Waals surface area contributed by atoms with Crippen LogP contribution in [0.3, 0.4) is 0 Å². The van der Waals surface area contributed by atoms with Crippen molar-refractivity contribution in [2.75, 3.05) is 7.05 Å². The first kappa shape index (κ1) is 15.3. The second-order valence-corrected chi connectivity index (χ2v) is 5.03. The van der Waals surface area contributed by atoms with Crippen molar-refractivity contribution < 1.29 is 9.66 Å². The molecule has 0 aliphatic rings. The van der Waals surface area contributed by atoms with Crippen LogP contribution in [0.5, 0.6) is 11.5 Å². The van der Waals surface area contributed by atoms with Crippen LogP contribution in [0, 0.1) is 17.0 Å². The van der Waals surface area contributed by atoms with E-state index in [4.69, 9.17) is 16.3 Å². The molecule has 6 heteroatoms. The first-order chi connectivity index (χ1) is 10.0. The molecule has 0 atom stereocenters. The molecule has 0 amide bonds. The highest BCUT2D eigenvalue weighted by Crippen LogP contribution is 2.32. The van der Waals surface area contributed by atoms with Gasteiger partial charge in [-0.15, -0.1) is 0 Å². The fraction of sp³-hybridized carbons (Fsp3) is 0.200. The summed E-state index contributed by atoms with van der Waals surface area (Å²) in [6.07, 6.45) is 0. The minimum atomic E-state index is -0.428. The molecule has 21 heavy (non-hydrogen) atoms. The van der Waals surface area contributed by atoms with E-state index in [9.17, 15) is 10.1 Å². The molecular weight excluding hydrogens is 292 g/mol. The normalized spacial score (nSPS) is 10.4. The summed E-state index contributed by atoms with van der Waals surface area (Å²) < 4.78 is 5.86. The smallest absolute Gasteiger partial charge is 0.269 e. The first-order valence-corrected chi connectivity index (χ1v) is 6.75. The Balaban J connectivity index is 2.33. The van der Waals surface area contributed by atoms with Crippen molar-refractivity contribution in [3.63, 3.8) is 0 Å². The van der Waals surface area contributed by atoms with E-state index in [-0.39, 0.29) is 5.69 Å². The van der Waals surface area contributed by atoms with Crippen molar-refractivity contribution in [2.24, 2.45) is 0 Å². The van der Waals surface area contributed by atoms with Gasteiger partial charge in [-0.2, -0.15) is 0 Å². The highest BCUT2D eigenvalue weighted by molar-refractivity contribution is 6.30. The number of nitro benzene ring substituents is 1. The van der Waals surface area contributed by atoms with Gasteiger partial charge in [0.1, 0.15) is 11.5 Å². The molecule has 0 fully saturated rings. The summed E-state index contributed by atoms with van der Waals surface area (Å²) in [5, 5.41) is 14.4. The van der Waals surface area contributed by atoms with Gasteiger partial charge in [0.2, 0.25) is 0 Å². The second-order valence-electron chi connectivity index (χ2n) is 4.59. The van der Waals surface area contributed by atoms with Gasteiger partial charge in [-0.3, -0.25) is 10.1 Å². The Morgan fingerprint density at radius 3 is 2.62 bits per heavy atom. The van der Waals surface area contributed by atoms with Crippen LogP contribution in [0.2, 0.25) is 5.02 Å². The molecule has 2 aromatic carbocycles. The molecule has 0 saturated carbocycles. The van der Waals surface area contributed by atoms with E-state index in [0.29, 0.717) is 28.6 Å². The summed E-state index contributed by atoms with van der Waals surface area (Å²) in [5.74, 6) is 1.20. The number of hydrogen-bond donors (Lipinski definition) is 1. The van der Waals surface area contributed by atoms with E-state index in [1.54, 1.807) is 25.1 Å². The summed E-state index contributed by atoms with van der Waals surface area (Å²) in [6.45, 7) is 2.41. The van der Waals surface area contributed by atoms with Crippen LogP contribution in [0.4, 0.5) is 5.69 Å². The Labute approximate surface area is 127 Å². The van der Waals surface area contributed by atoms with Crippen LogP contribution < -0.4 is 10.1 Å². The molecule has 2 rings (SSSR count). The Kier molecular flexibility index (Phi) is 4.77. The van der Waals surface area contributed by atoms with Gasteiger partial charge in [-0.25, -0.2) is 0 Å². The molecule has 0 unspecified atom stereocenters. The molecular formula is C15H15ClN2O3. The van der Waals surface area contributed by atoms with Crippen LogP contribution in [-0.2, 0) is 6.54 Å². The molecule has 5 nitrogen and oxygen atoms in total. The zero-order valence-corrected chi connectivity index (χ0v) is 12.5. The van der Waals surface area contributed by atoms with Crippen LogP contribution in [-0.4, -0.2) is 12.0 Å². The fourth-order valence-electron chi connectivity index (χ4n) is 1.94. The van der Waals surface area contributed by atoms with E-state index in [1.807, 2.05) is 13.1 Å². The number of rotatable bonds is 5. The summed E-state index contributed by atoms with van der Waals surface area (Å²) in [4.78, 5) is 10.3. The van der Waals surface area contributed by atoms with Gasteiger partial charge in [-0.05, 0) is 37.7 Å². The third-order valence-electron chi connectivity index (χ3n) is 2.99. The Bertz CT molecular complexity index is 674. The summed E-state index contributed by atoms with van der Waals surface area (Å²) in [7, 11) is 1.84. The summed E-state index contributed by atoms with van der Waals surface area (Å²) in [6, 6.07) is 9.91. The molecule has 0 radical (unpaired) electrons. The SMILES string of the molecule is CNCc1ccc(Cl)cc1Oc1ccc([N+](=O)[O-])cc1C. The van der Waals surface area contributed by atoms with E-state index >= 15 is 0 Å². The first-order valence-electron chi connectivity index (χ1n) is 6.37. The number of non-ortho nitro benzene ring substituents is 1. The van der Waals surface area contributed by atoms with E-state index in [1.165, 1.54) is 12.1 Å². The third kappa shape index (κ3) is 3.71. The standard InChI is InChI=1S/C15H15ClN2O3/c1-10-7-13(18(19)20)5-6-14(10)21-15-8-12(16)4-3-11(15)9-17-2/h3-8,17H,9H2,1-2H3. The lowest BCUT2D eigenvalue weighted by atomic mass is 10.1. The molecule has 2 aromatic rings. The van der Waals surface area contributed by atoms with Gasteiger partial charge in [-0.1, -0.05) is 17.7 Å². The van der Waals surface area contributed by atoms with E-state index in [0.717, 1.165) is 5.56 Å². The number of aryl methyl sites for hydroxylation is 1. The molecule has 1 N–H and O–H groups in total. The molecule has 0 aromatic heterocycles. The molecule has 0 spiro atoms. The quantitative estimate of drug-likeness (QED) is 0.668. The maximum Gasteiger partial charge on any atom is 0.269 e. The largest absolute Gasteiger partial charge is 0.457 e. The highest BCUT2D eigenvalue weighted by Gasteiger charge is 2.11. The van der Waals surface area contributed by atoms with Crippen molar-refractivity contribution in [1.29, 1.82) is 0 Å². The number of ether oxygens (including phenoxy) is 1. The number of halogens is 1. The predicted octanol–water partition coefficient (Wildman–Crippen LogP) is 4.07. The van der Waals surface area contributed by atoms with E-state index < -0.39 is 4.92 Å². The molecule has 0 aliphatic carbocycles. The van der Waals surface area contributed by atoms with Gasteiger partial charge in [0.25, 0.3) is 5.69 Å². The van der Waals surface area contributed by atoms with Crippen LogP contribution in [0.1, 0.15) is 11.1 Å². The lowest BCUT2D eigenvalue weighted by molar-refractivity contribution is -0.384. The maximum absolute atomic E-state index is 10.7. The molecule has 0 saturated heterocycles. The number of benzene rings is 2. The highest BCUT2D eigenvalue weighted by atomic mass is 35.5. The topological polar surface area (TPSA) is 64.4 Å². The average molecular weight is 307 g/mol. The predicted molar refractivity (Wildman–Crippen MR) is 82.1 cm³/mol. The third-order valence-corrected chi connectivity index (χ3v) is 3.22. The number of nitro groups is 1. The molecule has 0 heterocycles. The summed E-state index contributed by atoms with van der Waals surface area (Å²) in [5.41, 5.74) is 1.70. The van der Waals surface area contributed by atoms with Crippen molar-refractivity contribution in [1.82, 2.24) is 5.32 Å². The van der Waals surface area contributed by atoms with Crippen LogP contribution >= 0.6 is 11.6 Å². The Morgan fingerprint density at radius 2 is 2.00 bits per heavy atom. The van der Waals surface area contributed by atoms with E-state index in [2.05, 4.69) is 5.32 Å². The van der Waals surface area contributed by atoms with Crippen LogP contribution in [0.25, 0.3) is 0 Å². The molecule has 0 bridgehead atoms. The maximum atomic E-state index is 10.7. The Morgan fingerprint density at radius 1 is 1.24 bits per heavy atom. The molecule has 110 valence electrons. The molecule has 0 aliphatic heterocycles. The van der Waals surface area contributed by atoms with Gasteiger partial charge in [0.05, 0.1) is 4.92 Å². The zero-order chi connectivity index (χ0) is 15.4. The van der Waals surface area contributed by atoms with Gasteiger partial charge < -0.3 is 10.1 Å². The lowest BCUT2D eigenvalue weighted by Crippen LogP contribution is -2.06. The number of hydrogen-bond acceptors (Lipinski definition) is 4. The van der Waals surface area contributed by atoms with Gasteiger partial charge >= 0.3 is 0 Å². The fourth-order valence-corrected chi connectivity index (χ4v) is 2.10. The minimum Gasteiger partial charge on any atom is -0.457 e. The monoisotopic (exact) mass is 306 g/mol. The number of nitrogens with one attached hydrogen (secondary N) is 1. The van der Waals surface area contributed by atoms with Gasteiger partial charge in [0.15, 0.2) is 0 Å². The average Bonchev–Trinajstić information content (AvgIpc) is 2.44. The van der Waals surface area contributed by atoms with Gasteiger partial charge in [0, 0.05) is 29.3 Å². The Hall–Kier alpha value is -2.11. The van der Waals surface area contributed by atoms with Crippen molar-refractivity contribution in [2.45, 2.75) is 13.5 Å². The van der Waals surface area contributed by atoms with Crippen molar-refractivity contribution in [3.8, 4) is 11.5 Å². The number of nitrogens with zero attached hydrogens (tertiary/aromatic N) is 1. The van der Waals surface area contributed by atoms with Crippen molar-refractivity contribution >= 4 is 17.3 Å². The minimum absolute atomic E-state index is 0.0430. The van der Waals surface area contributed by atoms with Crippen molar-refractivity contribution in [3.05, 3.63) is 62.7 Å². The summed E-state index contributed by atoms with van der Waals surface area (Å²) >= 11 is 6.00. The van der Waals surface area contributed by atoms with Crippen LogP contribution in [0.15, 0.2) is 36.4 Å².